The van der Waals surface area contributed by atoms with Crippen LogP contribution < -0.4 is 0 Å². The van der Waals surface area contributed by atoms with Crippen molar-refractivity contribution in [2.45, 2.75) is 46.8 Å². The first-order valence-corrected chi connectivity index (χ1v) is 12.7. The average molecular weight is 464 g/mol. The van der Waals surface area contributed by atoms with Crippen LogP contribution in [0.5, 0.6) is 0 Å². The van der Waals surface area contributed by atoms with Gasteiger partial charge in [0.05, 0.1) is 24.7 Å². The Morgan fingerprint density at radius 2 is 1.55 bits per heavy atom. The molecule has 0 spiro atoms. The first-order valence-electron chi connectivity index (χ1n) is 10.5. The maximum absolute atomic E-state index is 13.6. The molecular weight excluding hydrogens is 436 g/mol. The van der Waals surface area contributed by atoms with Crippen molar-refractivity contribution in [1.29, 1.82) is 0 Å². The Morgan fingerprint density at radius 3 is 2.13 bits per heavy atom. The number of hydrogen-bond acceptors (Lipinski definition) is 6. The molecule has 1 radical (unpaired) electrons. The van der Waals surface area contributed by atoms with Crippen molar-refractivity contribution in [3.8, 4) is 0 Å². The summed E-state index contributed by atoms with van der Waals surface area (Å²) in [5.74, 6) is -2.14. The van der Waals surface area contributed by atoms with Gasteiger partial charge in [0.15, 0.2) is 0 Å². The van der Waals surface area contributed by atoms with Gasteiger partial charge >= 0.3 is 0 Å². The molecule has 2 aromatic rings. The smallest absolute Gasteiger partial charge is 0.287 e. The summed E-state index contributed by atoms with van der Waals surface area (Å²) in [6, 6.07) is 14.8. The van der Waals surface area contributed by atoms with Crippen molar-refractivity contribution < 1.29 is 23.0 Å². The van der Waals surface area contributed by atoms with Crippen LogP contribution in [0.1, 0.15) is 24.8 Å². The number of rotatable bonds is 6. The molecule has 2 heterocycles. The number of benzene rings is 2. The number of nitrogens with zero attached hydrogens (tertiary/aromatic N) is 2. The molecule has 0 aromatic heterocycles. The molecule has 0 amide bonds. The molecule has 0 bridgehead atoms. The Kier molecular flexibility index (Phi) is 7.02. The second-order valence-electron chi connectivity index (χ2n) is 7.72. The molecule has 2 aromatic carbocycles. The minimum absolute atomic E-state index is 0.0802. The molecule has 1 atom stereocenters. The zero-order chi connectivity index (χ0) is 21.9. The van der Waals surface area contributed by atoms with Crippen LogP contribution in [0.2, 0.25) is 0 Å². The molecule has 0 N–H and O–H groups in total. The van der Waals surface area contributed by atoms with Crippen LogP contribution in [-0.4, -0.2) is 56.7 Å². The second-order valence-corrected chi connectivity index (χ2v) is 10.6. The van der Waals surface area contributed by atoms with E-state index in [1.165, 1.54) is 5.56 Å². The second kappa shape index (κ2) is 9.58. The van der Waals surface area contributed by atoms with Crippen LogP contribution in [0, 0.1) is 6.92 Å². The third kappa shape index (κ3) is 5.14. The molecule has 167 valence electrons. The summed E-state index contributed by atoms with van der Waals surface area (Å²) >= 11 is 1.56. The fourth-order valence-electron chi connectivity index (χ4n) is 3.71. The van der Waals surface area contributed by atoms with Crippen molar-refractivity contribution in [1.82, 2.24) is 9.42 Å². The van der Waals surface area contributed by atoms with E-state index in [0.29, 0.717) is 32.7 Å². The molecule has 0 unspecified atom stereocenters. The maximum Gasteiger partial charge on any atom is 0.287 e. The van der Waals surface area contributed by atoms with Gasteiger partial charge in [-0.3, -0.25) is 0 Å². The number of hydrogen-bond donors (Lipinski definition) is 0. The van der Waals surface area contributed by atoms with Gasteiger partial charge in [0, 0.05) is 29.3 Å². The topological polar surface area (TPSA) is 79.0 Å². The lowest BCUT2D eigenvalue weighted by Crippen LogP contribution is -2.63. The Labute approximate surface area is 188 Å². The van der Waals surface area contributed by atoms with Crippen LogP contribution in [0.3, 0.4) is 0 Å². The summed E-state index contributed by atoms with van der Waals surface area (Å²) in [5.41, 5.74) is 1.19. The predicted octanol–water partition coefficient (Wildman–Crippen LogP) is 3.67. The number of ether oxygens (including phenoxy) is 2. The molecule has 31 heavy (non-hydrogen) atoms. The van der Waals surface area contributed by atoms with Crippen molar-refractivity contribution in [2.75, 3.05) is 32.9 Å². The largest absolute Gasteiger partial charge is 0.379 e. The van der Waals surface area contributed by atoms with E-state index < -0.39 is 15.9 Å². The molecule has 2 fully saturated rings. The lowest BCUT2D eigenvalue weighted by Gasteiger charge is -2.45. The van der Waals surface area contributed by atoms with Gasteiger partial charge < -0.3 is 9.47 Å². The van der Waals surface area contributed by atoms with Crippen molar-refractivity contribution in [2.24, 2.45) is 0 Å². The lowest BCUT2D eigenvalue weighted by molar-refractivity contribution is -0.356. The number of morpholine rings is 1. The molecule has 2 saturated heterocycles. The summed E-state index contributed by atoms with van der Waals surface area (Å²) < 4.78 is 39.0. The third-order valence-electron chi connectivity index (χ3n) is 5.36. The van der Waals surface area contributed by atoms with Crippen LogP contribution in [0.25, 0.3) is 0 Å². The molecular formula is C22H27N2O5S2. The van der Waals surface area contributed by atoms with E-state index in [1.807, 2.05) is 31.2 Å². The Balaban J connectivity index is 1.60. The van der Waals surface area contributed by atoms with Gasteiger partial charge in [-0.25, -0.2) is 13.4 Å². The number of hydrazine groups is 1. The van der Waals surface area contributed by atoms with E-state index in [1.54, 1.807) is 41.0 Å². The summed E-state index contributed by atoms with van der Waals surface area (Å²) in [5, 5.41) is 15.1. The summed E-state index contributed by atoms with van der Waals surface area (Å²) in [7, 11) is -4.10. The predicted molar refractivity (Wildman–Crippen MR) is 116 cm³/mol. The average Bonchev–Trinajstić information content (AvgIpc) is 2.77. The van der Waals surface area contributed by atoms with Gasteiger partial charge in [0.1, 0.15) is 0 Å². The number of sulfonamides is 1. The Bertz CT molecular complexity index is 968. The van der Waals surface area contributed by atoms with Crippen molar-refractivity contribution in [3.05, 3.63) is 54.1 Å². The monoisotopic (exact) mass is 463 g/mol. The van der Waals surface area contributed by atoms with E-state index in [-0.39, 0.29) is 17.9 Å². The van der Waals surface area contributed by atoms with Gasteiger partial charge in [-0.1, -0.05) is 33.9 Å². The standard InChI is InChI=1S/C22H27N2O5S2/c1-18-4-6-19(7-5-18)30-20-8-10-21(11-9-20)31(26,27)24(23-13-16-28-17-14-23)22(25)12-2-3-15-29-22/h4-11H,2-3,12-17H2,1H3/t22-/m1/s1. The first-order chi connectivity index (χ1) is 14.9. The molecule has 2 aliphatic rings. The summed E-state index contributed by atoms with van der Waals surface area (Å²) in [6.45, 7) is 3.68. The highest BCUT2D eigenvalue weighted by molar-refractivity contribution is 7.99. The minimum atomic E-state index is -4.10. The molecule has 7 nitrogen and oxygen atoms in total. The highest BCUT2D eigenvalue weighted by Crippen LogP contribution is 2.35. The highest BCUT2D eigenvalue weighted by Gasteiger charge is 2.50. The van der Waals surface area contributed by atoms with Gasteiger partial charge in [-0.15, -0.1) is 0 Å². The van der Waals surface area contributed by atoms with E-state index in [9.17, 15) is 13.5 Å². The normalized spacial score (nSPS) is 23.2. The van der Waals surface area contributed by atoms with E-state index in [0.717, 1.165) is 20.6 Å². The Hall–Kier alpha value is -1.46. The van der Waals surface area contributed by atoms with Crippen LogP contribution in [-0.2, 0) is 24.6 Å². The van der Waals surface area contributed by atoms with Gasteiger partial charge in [-0.05, 0) is 56.2 Å². The highest BCUT2D eigenvalue weighted by atomic mass is 32.2. The first kappa shape index (κ1) is 22.7. The van der Waals surface area contributed by atoms with Gasteiger partial charge in [0.2, 0.25) is 0 Å². The third-order valence-corrected chi connectivity index (χ3v) is 8.20. The van der Waals surface area contributed by atoms with Crippen LogP contribution in [0.15, 0.2) is 63.2 Å². The fraction of sp³-hybridized carbons (Fsp3) is 0.455. The molecule has 2 aliphatic heterocycles. The molecule has 0 aliphatic carbocycles. The quantitative estimate of drug-likeness (QED) is 0.608. The summed E-state index contributed by atoms with van der Waals surface area (Å²) in [6.07, 6.45) is 1.50. The van der Waals surface area contributed by atoms with Crippen molar-refractivity contribution in [3.63, 3.8) is 0 Å². The fourth-order valence-corrected chi connectivity index (χ4v) is 6.19. The zero-order valence-electron chi connectivity index (χ0n) is 17.5. The SMILES string of the molecule is Cc1ccc(Sc2ccc(S(=O)(=O)N(N3CCOCC3)[C@@]3([O])CCCCO3)cc2)cc1. The Morgan fingerprint density at radius 1 is 0.935 bits per heavy atom. The molecule has 9 heteroatoms. The zero-order valence-corrected chi connectivity index (χ0v) is 19.2. The van der Waals surface area contributed by atoms with Crippen LogP contribution >= 0.6 is 11.8 Å². The van der Waals surface area contributed by atoms with Gasteiger partial charge in [0.25, 0.3) is 15.9 Å². The van der Waals surface area contributed by atoms with Crippen molar-refractivity contribution >= 4 is 21.8 Å². The molecule has 0 saturated carbocycles. The summed E-state index contributed by atoms with van der Waals surface area (Å²) in [4.78, 5) is 2.08. The van der Waals surface area contributed by atoms with E-state index >= 15 is 0 Å². The lowest BCUT2D eigenvalue weighted by atomic mass is 10.1. The van der Waals surface area contributed by atoms with E-state index in [2.05, 4.69) is 0 Å². The van der Waals surface area contributed by atoms with Gasteiger partial charge in [-0.2, -0.15) is 5.11 Å². The maximum atomic E-state index is 13.6. The molecule has 4 rings (SSSR count). The minimum Gasteiger partial charge on any atom is -0.379 e. The van der Waals surface area contributed by atoms with Crippen LogP contribution in [0.4, 0.5) is 0 Å². The van der Waals surface area contributed by atoms with E-state index in [4.69, 9.17) is 9.47 Å². The number of aryl methyl sites for hydroxylation is 1.